The summed E-state index contributed by atoms with van der Waals surface area (Å²) >= 11 is 5.92. The maximum Gasteiger partial charge on any atom is 0.256 e. The minimum atomic E-state index is -0.454. The standard InChI is InChI=1S/C15H10ClF2NO/c16-13-6-12(18)5-10-8-19(15(20)14(10)13)7-9-1-3-11(17)4-2-9/h1-6H,7-8H2. The molecule has 0 N–H and O–H groups in total. The predicted octanol–water partition coefficient (Wildman–Crippen LogP) is 3.77. The Kier molecular flexibility index (Phi) is 3.18. The molecule has 1 aliphatic heterocycles. The van der Waals surface area contributed by atoms with Crippen LogP contribution in [0.5, 0.6) is 0 Å². The summed E-state index contributed by atoms with van der Waals surface area (Å²) in [5, 5.41) is 0.131. The van der Waals surface area contributed by atoms with Crippen molar-refractivity contribution in [1.82, 2.24) is 4.90 Å². The van der Waals surface area contributed by atoms with Crippen LogP contribution >= 0.6 is 11.6 Å². The Morgan fingerprint density at radius 1 is 1.10 bits per heavy atom. The van der Waals surface area contributed by atoms with Gasteiger partial charge >= 0.3 is 0 Å². The van der Waals surface area contributed by atoms with Gasteiger partial charge in [0, 0.05) is 13.1 Å². The largest absolute Gasteiger partial charge is 0.330 e. The molecule has 0 aliphatic carbocycles. The number of carbonyl (C=O) groups is 1. The number of fused-ring (bicyclic) bond motifs is 1. The van der Waals surface area contributed by atoms with Gasteiger partial charge in [-0.3, -0.25) is 4.79 Å². The van der Waals surface area contributed by atoms with E-state index in [1.54, 1.807) is 17.0 Å². The molecule has 2 nitrogen and oxygen atoms in total. The summed E-state index contributed by atoms with van der Waals surface area (Å²) < 4.78 is 26.1. The molecule has 0 radical (unpaired) electrons. The van der Waals surface area contributed by atoms with E-state index in [2.05, 4.69) is 0 Å². The third-order valence-corrected chi connectivity index (χ3v) is 3.58. The average Bonchev–Trinajstić information content (AvgIpc) is 2.69. The van der Waals surface area contributed by atoms with Gasteiger partial charge in [-0.2, -0.15) is 0 Å². The van der Waals surface area contributed by atoms with Gasteiger partial charge in [0.25, 0.3) is 5.91 Å². The Balaban J connectivity index is 1.87. The number of benzene rings is 2. The number of amides is 1. The number of rotatable bonds is 2. The minimum absolute atomic E-state index is 0.131. The third kappa shape index (κ3) is 2.27. The van der Waals surface area contributed by atoms with Gasteiger partial charge in [-0.05, 0) is 35.4 Å². The lowest BCUT2D eigenvalue weighted by molar-refractivity contribution is 0.0767. The van der Waals surface area contributed by atoms with Crippen LogP contribution in [0.1, 0.15) is 21.5 Å². The zero-order valence-electron chi connectivity index (χ0n) is 10.4. The highest BCUT2D eigenvalue weighted by Gasteiger charge is 2.30. The van der Waals surface area contributed by atoms with Gasteiger partial charge in [0.15, 0.2) is 0 Å². The summed E-state index contributed by atoms with van der Waals surface area (Å²) in [6, 6.07) is 8.39. The SMILES string of the molecule is O=C1c2c(Cl)cc(F)cc2CN1Cc1ccc(F)cc1. The van der Waals surface area contributed by atoms with E-state index < -0.39 is 5.82 Å². The highest BCUT2D eigenvalue weighted by molar-refractivity contribution is 6.34. The molecular weight excluding hydrogens is 284 g/mol. The second kappa shape index (κ2) is 4.87. The molecule has 102 valence electrons. The van der Waals surface area contributed by atoms with Crippen LogP contribution in [0.3, 0.4) is 0 Å². The Bertz CT molecular complexity index is 685. The molecule has 5 heteroatoms. The minimum Gasteiger partial charge on any atom is -0.330 e. The van der Waals surface area contributed by atoms with E-state index >= 15 is 0 Å². The van der Waals surface area contributed by atoms with E-state index in [0.29, 0.717) is 24.2 Å². The fraction of sp³-hybridized carbons (Fsp3) is 0.133. The molecule has 0 spiro atoms. The molecule has 0 unspecified atom stereocenters. The molecule has 1 aliphatic rings. The molecule has 2 aromatic rings. The van der Waals surface area contributed by atoms with E-state index in [0.717, 1.165) is 11.6 Å². The molecule has 1 heterocycles. The van der Waals surface area contributed by atoms with Crippen LogP contribution in [0.25, 0.3) is 0 Å². The Hall–Kier alpha value is -1.94. The third-order valence-electron chi connectivity index (χ3n) is 3.29. The zero-order valence-corrected chi connectivity index (χ0v) is 11.1. The molecule has 0 saturated heterocycles. The van der Waals surface area contributed by atoms with Crippen LogP contribution < -0.4 is 0 Å². The van der Waals surface area contributed by atoms with Gasteiger partial charge in [0.05, 0.1) is 10.6 Å². The molecule has 0 aromatic heterocycles. The maximum absolute atomic E-state index is 13.3. The summed E-state index contributed by atoms with van der Waals surface area (Å²) in [4.78, 5) is 13.8. The van der Waals surface area contributed by atoms with E-state index in [-0.39, 0.29) is 16.7 Å². The van der Waals surface area contributed by atoms with Gasteiger partial charge in [-0.1, -0.05) is 23.7 Å². The van der Waals surface area contributed by atoms with Crippen molar-refractivity contribution < 1.29 is 13.6 Å². The Morgan fingerprint density at radius 2 is 1.80 bits per heavy atom. The Morgan fingerprint density at radius 3 is 2.50 bits per heavy atom. The van der Waals surface area contributed by atoms with Crippen LogP contribution in [0.2, 0.25) is 5.02 Å². The molecule has 2 aromatic carbocycles. The van der Waals surface area contributed by atoms with Gasteiger partial charge in [0.1, 0.15) is 11.6 Å². The zero-order chi connectivity index (χ0) is 14.3. The fourth-order valence-corrected chi connectivity index (χ4v) is 2.67. The van der Waals surface area contributed by atoms with Crippen molar-refractivity contribution in [2.24, 2.45) is 0 Å². The van der Waals surface area contributed by atoms with Crippen molar-refractivity contribution in [3.8, 4) is 0 Å². The summed E-state index contributed by atoms with van der Waals surface area (Å²) in [6.07, 6.45) is 0. The first-order valence-electron chi connectivity index (χ1n) is 6.06. The van der Waals surface area contributed by atoms with Crippen LogP contribution in [-0.2, 0) is 13.1 Å². The molecule has 0 atom stereocenters. The smallest absolute Gasteiger partial charge is 0.256 e. The molecule has 20 heavy (non-hydrogen) atoms. The van der Waals surface area contributed by atoms with E-state index in [1.165, 1.54) is 18.2 Å². The predicted molar refractivity (Wildman–Crippen MR) is 71.4 cm³/mol. The van der Waals surface area contributed by atoms with Crippen molar-refractivity contribution in [2.75, 3.05) is 0 Å². The van der Waals surface area contributed by atoms with Crippen LogP contribution in [0.4, 0.5) is 8.78 Å². The Labute approximate surface area is 119 Å². The van der Waals surface area contributed by atoms with E-state index in [4.69, 9.17) is 11.6 Å². The first-order valence-corrected chi connectivity index (χ1v) is 6.44. The monoisotopic (exact) mass is 293 g/mol. The second-order valence-electron chi connectivity index (χ2n) is 4.71. The van der Waals surface area contributed by atoms with Gasteiger partial charge < -0.3 is 4.90 Å². The van der Waals surface area contributed by atoms with Crippen LogP contribution in [0, 0.1) is 11.6 Å². The van der Waals surface area contributed by atoms with Crippen molar-refractivity contribution in [3.63, 3.8) is 0 Å². The summed E-state index contributed by atoms with van der Waals surface area (Å²) in [6.45, 7) is 0.648. The average molecular weight is 294 g/mol. The van der Waals surface area contributed by atoms with Gasteiger partial charge in [0.2, 0.25) is 0 Å². The first kappa shape index (κ1) is 13.1. The van der Waals surface area contributed by atoms with E-state index in [9.17, 15) is 13.6 Å². The number of carbonyl (C=O) groups excluding carboxylic acids is 1. The van der Waals surface area contributed by atoms with Crippen LogP contribution in [0.15, 0.2) is 36.4 Å². The lowest BCUT2D eigenvalue weighted by atomic mass is 10.1. The van der Waals surface area contributed by atoms with Crippen LogP contribution in [-0.4, -0.2) is 10.8 Å². The topological polar surface area (TPSA) is 20.3 Å². The molecule has 0 bridgehead atoms. The van der Waals surface area contributed by atoms with Crippen molar-refractivity contribution in [3.05, 3.63) is 69.7 Å². The molecule has 0 fully saturated rings. The molecule has 0 saturated carbocycles. The quantitative estimate of drug-likeness (QED) is 0.825. The number of nitrogens with zero attached hydrogens (tertiary/aromatic N) is 1. The fourth-order valence-electron chi connectivity index (χ4n) is 2.36. The van der Waals surface area contributed by atoms with E-state index in [1.807, 2.05) is 0 Å². The number of hydrogen-bond acceptors (Lipinski definition) is 1. The van der Waals surface area contributed by atoms with Crippen molar-refractivity contribution in [2.45, 2.75) is 13.1 Å². The highest BCUT2D eigenvalue weighted by Crippen LogP contribution is 2.31. The second-order valence-corrected chi connectivity index (χ2v) is 5.12. The number of halogens is 3. The normalized spacial score (nSPS) is 13.8. The maximum atomic E-state index is 13.3. The number of hydrogen-bond donors (Lipinski definition) is 0. The summed E-state index contributed by atoms with van der Waals surface area (Å²) in [5.41, 5.74) is 1.75. The van der Waals surface area contributed by atoms with Crippen molar-refractivity contribution in [1.29, 1.82) is 0 Å². The van der Waals surface area contributed by atoms with Crippen molar-refractivity contribution >= 4 is 17.5 Å². The molecule has 3 rings (SSSR count). The summed E-state index contributed by atoms with van der Waals surface area (Å²) in [5.74, 6) is -1.01. The first-order chi connectivity index (χ1) is 9.54. The lowest BCUT2D eigenvalue weighted by Crippen LogP contribution is -2.23. The lowest BCUT2D eigenvalue weighted by Gasteiger charge is -2.15. The van der Waals surface area contributed by atoms with Gasteiger partial charge in [-0.15, -0.1) is 0 Å². The summed E-state index contributed by atoms with van der Waals surface area (Å²) in [7, 11) is 0. The molecular formula is C15H10ClF2NO. The highest BCUT2D eigenvalue weighted by atomic mass is 35.5. The van der Waals surface area contributed by atoms with Gasteiger partial charge in [-0.25, -0.2) is 8.78 Å². The molecule has 1 amide bonds.